The highest BCUT2D eigenvalue weighted by Gasteiger charge is 2.24. The normalized spacial score (nSPS) is 9.76. The molecule has 8 nitrogen and oxygen atoms in total. The molecule has 0 unspecified atom stereocenters. The van der Waals surface area contributed by atoms with Crippen molar-refractivity contribution in [3.63, 3.8) is 0 Å². The molecule has 1 rings (SSSR count). The first-order chi connectivity index (χ1) is 7.84. The summed E-state index contributed by atoms with van der Waals surface area (Å²) >= 11 is 0. The minimum absolute atomic E-state index is 0.0550. The molecule has 0 aliphatic rings. The number of amides is 1. The van der Waals surface area contributed by atoms with Gasteiger partial charge in [0.15, 0.2) is 0 Å². The fraction of sp³-hybridized carbons (Fsp3) is 0.222. The van der Waals surface area contributed by atoms with Gasteiger partial charge >= 0.3 is 0 Å². The maximum Gasteiger partial charge on any atom is 0.293 e. The monoisotopic (exact) mass is 239 g/mol. The Kier molecular flexibility index (Phi) is 3.37. The molecule has 90 valence electrons. The molecule has 1 N–H and O–H groups in total. The molecule has 1 amide bonds. The average molecular weight is 239 g/mol. The van der Waals surface area contributed by atoms with E-state index in [-0.39, 0.29) is 22.6 Å². The van der Waals surface area contributed by atoms with Crippen molar-refractivity contribution in [3.05, 3.63) is 37.9 Å². The molecular weight excluding hydrogens is 230 g/mol. The first kappa shape index (κ1) is 12.6. The van der Waals surface area contributed by atoms with Crippen molar-refractivity contribution in [2.24, 2.45) is 0 Å². The molecule has 0 bridgehead atoms. The van der Waals surface area contributed by atoms with Crippen LogP contribution in [0.2, 0.25) is 0 Å². The zero-order valence-corrected chi connectivity index (χ0v) is 9.09. The maximum absolute atomic E-state index is 10.9. The fourth-order valence-corrected chi connectivity index (χ4v) is 1.37. The quantitative estimate of drug-likeness (QED) is 0.637. The van der Waals surface area contributed by atoms with Crippen LogP contribution in [0, 0.1) is 27.2 Å². The summed E-state index contributed by atoms with van der Waals surface area (Å²) in [4.78, 5) is 30.9. The van der Waals surface area contributed by atoms with Crippen LogP contribution >= 0.6 is 0 Å². The average Bonchev–Trinajstić information content (AvgIpc) is 2.19. The smallest absolute Gasteiger partial charge is 0.293 e. The van der Waals surface area contributed by atoms with Crippen molar-refractivity contribution >= 4 is 23.0 Å². The molecule has 0 saturated heterocycles. The van der Waals surface area contributed by atoms with E-state index in [9.17, 15) is 25.0 Å². The van der Waals surface area contributed by atoms with Crippen molar-refractivity contribution < 1.29 is 14.6 Å². The van der Waals surface area contributed by atoms with Gasteiger partial charge in [-0.05, 0) is 6.92 Å². The fourth-order valence-electron chi connectivity index (χ4n) is 1.37. The highest BCUT2D eigenvalue weighted by atomic mass is 16.6. The number of nitro groups is 2. The van der Waals surface area contributed by atoms with Gasteiger partial charge in [-0.1, -0.05) is 0 Å². The minimum atomic E-state index is -0.706. The summed E-state index contributed by atoms with van der Waals surface area (Å²) in [5.41, 5.74) is -0.737. The van der Waals surface area contributed by atoms with Gasteiger partial charge < -0.3 is 5.32 Å². The van der Waals surface area contributed by atoms with Gasteiger partial charge in [0.05, 0.1) is 15.4 Å². The van der Waals surface area contributed by atoms with Gasteiger partial charge in [0.2, 0.25) is 5.91 Å². The lowest BCUT2D eigenvalue weighted by Crippen LogP contribution is -2.10. The summed E-state index contributed by atoms with van der Waals surface area (Å²) in [6.07, 6.45) is 0. The zero-order valence-electron chi connectivity index (χ0n) is 9.09. The van der Waals surface area contributed by atoms with Crippen LogP contribution < -0.4 is 5.32 Å². The molecule has 0 aliphatic carbocycles. The van der Waals surface area contributed by atoms with Crippen molar-refractivity contribution in [2.75, 3.05) is 5.32 Å². The van der Waals surface area contributed by atoms with E-state index in [1.807, 2.05) is 0 Å². The number of hydrogen-bond donors (Lipinski definition) is 1. The number of hydrogen-bond acceptors (Lipinski definition) is 5. The molecule has 0 spiro atoms. The number of anilines is 1. The van der Waals surface area contributed by atoms with Crippen LogP contribution in [0.1, 0.15) is 12.5 Å². The molecule has 8 heteroatoms. The van der Waals surface area contributed by atoms with Crippen LogP contribution in [0.25, 0.3) is 0 Å². The van der Waals surface area contributed by atoms with E-state index in [0.29, 0.717) is 0 Å². The molecule has 1 aromatic rings. The second-order valence-corrected chi connectivity index (χ2v) is 3.30. The Morgan fingerprint density at radius 3 is 2.06 bits per heavy atom. The first-order valence-electron chi connectivity index (χ1n) is 4.54. The van der Waals surface area contributed by atoms with Gasteiger partial charge in [-0.15, -0.1) is 0 Å². The van der Waals surface area contributed by atoms with Gasteiger partial charge in [0, 0.05) is 19.1 Å². The summed E-state index contributed by atoms with van der Waals surface area (Å²) in [6, 6.07) is 2.04. The topological polar surface area (TPSA) is 115 Å². The molecule has 0 heterocycles. The Bertz CT molecular complexity index is 512. The lowest BCUT2D eigenvalue weighted by molar-refractivity contribution is -0.388. The van der Waals surface area contributed by atoms with Gasteiger partial charge in [0.1, 0.15) is 5.69 Å². The van der Waals surface area contributed by atoms with E-state index in [4.69, 9.17) is 0 Å². The lowest BCUT2D eigenvalue weighted by atomic mass is 10.1. The van der Waals surface area contributed by atoms with E-state index in [1.165, 1.54) is 13.8 Å². The Labute approximate surface area is 95.5 Å². The zero-order chi connectivity index (χ0) is 13.2. The third kappa shape index (κ3) is 2.54. The van der Waals surface area contributed by atoms with Gasteiger partial charge in [-0.3, -0.25) is 25.0 Å². The summed E-state index contributed by atoms with van der Waals surface area (Å²) in [7, 11) is 0. The molecule has 1 aromatic carbocycles. The van der Waals surface area contributed by atoms with Crippen molar-refractivity contribution in [2.45, 2.75) is 13.8 Å². The molecule has 0 atom stereocenters. The van der Waals surface area contributed by atoms with Crippen LogP contribution in [0.3, 0.4) is 0 Å². The Balaban J connectivity index is 3.46. The summed E-state index contributed by atoms with van der Waals surface area (Å²) in [5, 5.41) is 23.6. The van der Waals surface area contributed by atoms with Crippen LogP contribution in [0.15, 0.2) is 12.1 Å². The maximum atomic E-state index is 10.9. The number of carbonyl (C=O) groups is 1. The second kappa shape index (κ2) is 4.56. The highest BCUT2D eigenvalue weighted by Crippen LogP contribution is 2.34. The van der Waals surface area contributed by atoms with E-state index in [0.717, 1.165) is 12.1 Å². The Hall–Kier alpha value is -2.51. The van der Waals surface area contributed by atoms with E-state index in [2.05, 4.69) is 5.32 Å². The molecule has 0 aliphatic heterocycles. The molecule has 0 aromatic heterocycles. The first-order valence-corrected chi connectivity index (χ1v) is 4.54. The number of nitrogens with zero attached hydrogens (tertiary/aromatic N) is 2. The SMILES string of the molecule is CC(=O)Nc1c([N+](=O)[O-])ccc([N+](=O)[O-])c1C. The van der Waals surface area contributed by atoms with Crippen molar-refractivity contribution in [1.29, 1.82) is 0 Å². The molecular formula is C9H9N3O5. The number of nitrogens with one attached hydrogen (secondary N) is 1. The number of carbonyl (C=O) groups excluding carboxylic acids is 1. The highest BCUT2D eigenvalue weighted by molar-refractivity contribution is 5.93. The van der Waals surface area contributed by atoms with Crippen LogP contribution in [0.5, 0.6) is 0 Å². The lowest BCUT2D eigenvalue weighted by Gasteiger charge is -2.07. The molecule has 0 fully saturated rings. The number of benzene rings is 1. The van der Waals surface area contributed by atoms with Gasteiger partial charge in [-0.2, -0.15) is 0 Å². The van der Waals surface area contributed by atoms with Crippen LogP contribution in [-0.4, -0.2) is 15.8 Å². The van der Waals surface area contributed by atoms with Crippen LogP contribution in [0.4, 0.5) is 17.1 Å². The van der Waals surface area contributed by atoms with Crippen molar-refractivity contribution in [1.82, 2.24) is 0 Å². The minimum Gasteiger partial charge on any atom is -0.320 e. The molecule has 0 radical (unpaired) electrons. The van der Waals surface area contributed by atoms with E-state index in [1.54, 1.807) is 0 Å². The number of nitro benzene ring substituents is 2. The number of rotatable bonds is 3. The van der Waals surface area contributed by atoms with E-state index < -0.39 is 15.8 Å². The Morgan fingerprint density at radius 2 is 1.65 bits per heavy atom. The largest absolute Gasteiger partial charge is 0.320 e. The molecule has 0 saturated carbocycles. The van der Waals surface area contributed by atoms with Gasteiger partial charge in [0.25, 0.3) is 11.4 Å². The van der Waals surface area contributed by atoms with E-state index >= 15 is 0 Å². The summed E-state index contributed by atoms with van der Waals surface area (Å²) in [6.45, 7) is 2.51. The standard InChI is InChI=1S/C9H9N3O5/c1-5-7(11(14)15)3-4-8(12(16)17)9(5)10-6(2)13/h3-4H,1-2H3,(H,10,13). The third-order valence-electron chi connectivity index (χ3n) is 2.11. The van der Waals surface area contributed by atoms with Gasteiger partial charge in [-0.25, -0.2) is 0 Å². The van der Waals surface area contributed by atoms with Crippen molar-refractivity contribution in [3.8, 4) is 0 Å². The second-order valence-electron chi connectivity index (χ2n) is 3.30. The third-order valence-corrected chi connectivity index (χ3v) is 2.11. The Morgan fingerprint density at radius 1 is 1.18 bits per heavy atom. The summed E-state index contributed by atoms with van der Waals surface area (Å²) in [5.74, 6) is -0.531. The predicted octanol–water partition coefficient (Wildman–Crippen LogP) is 1.77. The summed E-state index contributed by atoms with van der Waals surface area (Å²) < 4.78 is 0. The predicted molar refractivity (Wildman–Crippen MR) is 58.8 cm³/mol. The van der Waals surface area contributed by atoms with Crippen LogP contribution in [-0.2, 0) is 4.79 Å². The molecule has 17 heavy (non-hydrogen) atoms.